The summed E-state index contributed by atoms with van der Waals surface area (Å²) in [6, 6.07) is 12.5. The van der Waals surface area contributed by atoms with Gasteiger partial charge >= 0.3 is 6.18 Å². The van der Waals surface area contributed by atoms with Crippen molar-refractivity contribution in [1.82, 2.24) is 4.90 Å². The van der Waals surface area contributed by atoms with Gasteiger partial charge in [0.2, 0.25) is 0 Å². The molecule has 0 aliphatic carbocycles. The molecule has 0 spiro atoms. The van der Waals surface area contributed by atoms with Crippen LogP contribution in [0, 0.1) is 0 Å². The van der Waals surface area contributed by atoms with E-state index in [2.05, 4.69) is 25.7 Å². The van der Waals surface area contributed by atoms with Crippen LogP contribution >= 0.6 is 11.6 Å². The maximum absolute atomic E-state index is 13.6. The molecule has 0 unspecified atom stereocenters. The van der Waals surface area contributed by atoms with E-state index in [9.17, 15) is 13.2 Å². The van der Waals surface area contributed by atoms with Crippen LogP contribution < -0.4 is 0 Å². The molecule has 0 radical (unpaired) electrons. The molecule has 1 heterocycles. The van der Waals surface area contributed by atoms with Gasteiger partial charge in [0, 0.05) is 23.7 Å². The quantitative estimate of drug-likeness (QED) is 0.582. The predicted octanol–water partition coefficient (Wildman–Crippen LogP) is 6.34. The molecule has 1 aliphatic rings. The van der Waals surface area contributed by atoms with Crippen molar-refractivity contribution in [3.63, 3.8) is 0 Å². The minimum absolute atomic E-state index is 0.00223. The number of nitrogens with zero attached hydrogens (tertiary/aromatic N) is 1. The fourth-order valence-electron chi connectivity index (χ4n) is 3.59. The van der Waals surface area contributed by atoms with Crippen molar-refractivity contribution < 1.29 is 17.9 Å². The van der Waals surface area contributed by atoms with Crippen molar-refractivity contribution in [1.29, 1.82) is 0 Å². The van der Waals surface area contributed by atoms with Crippen molar-refractivity contribution in [3.05, 3.63) is 70.2 Å². The van der Waals surface area contributed by atoms with Gasteiger partial charge in [-0.05, 0) is 56.5 Å². The average Bonchev–Trinajstić information content (AvgIpc) is 3.09. The summed E-state index contributed by atoms with van der Waals surface area (Å²) in [6.07, 6.45) is -4.60. The fourth-order valence-corrected chi connectivity index (χ4v) is 3.72. The molecule has 3 rings (SSSR count). The first kappa shape index (κ1) is 21.2. The maximum Gasteiger partial charge on any atom is 0.416 e. The van der Waals surface area contributed by atoms with Crippen LogP contribution in [0.4, 0.5) is 13.2 Å². The normalized spacial score (nSPS) is 19.8. The van der Waals surface area contributed by atoms with E-state index in [0.29, 0.717) is 17.1 Å². The summed E-state index contributed by atoms with van der Waals surface area (Å²) in [7, 11) is 0. The lowest BCUT2D eigenvalue weighted by molar-refractivity contribution is -0.139. The van der Waals surface area contributed by atoms with Gasteiger partial charge in [0.1, 0.15) is 6.10 Å². The average molecular weight is 412 g/mol. The van der Waals surface area contributed by atoms with Gasteiger partial charge in [0.05, 0.1) is 11.7 Å². The van der Waals surface area contributed by atoms with Crippen molar-refractivity contribution in [3.8, 4) is 0 Å². The Morgan fingerprint density at radius 3 is 2.25 bits per heavy atom. The zero-order chi connectivity index (χ0) is 20.5. The minimum Gasteiger partial charge on any atom is -0.364 e. The molecular weight excluding hydrogens is 387 g/mol. The van der Waals surface area contributed by atoms with Crippen molar-refractivity contribution in [2.45, 2.75) is 51.1 Å². The molecule has 0 N–H and O–H groups in total. The number of benzene rings is 2. The SMILES string of the molecule is CC(C)(C)N1CC[C@H](O[C@H](c2ccc(Cl)cc2)c2ccccc2C(F)(F)F)C1. The van der Waals surface area contributed by atoms with Gasteiger partial charge in [-0.15, -0.1) is 0 Å². The fraction of sp³-hybridized carbons (Fsp3) is 0.455. The molecule has 0 bridgehead atoms. The molecule has 1 saturated heterocycles. The van der Waals surface area contributed by atoms with Crippen LogP contribution in [0.2, 0.25) is 5.02 Å². The van der Waals surface area contributed by atoms with Crippen molar-refractivity contribution >= 4 is 11.6 Å². The van der Waals surface area contributed by atoms with Gasteiger partial charge in [-0.2, -0.15) is 13.2 Å². The predicted molar refractivity (Wildman–Crippen MR) is 106 cm³/mol. The third-order valence-corrected chi connectivity index (χ3v) is 5.40. The number of hydrogen-bond donors (Lipinski definition) is 0. The van der Waals surface area contributed by atoms with E-state index in [-0.39, 0.29) is 17.2 Å². The van der Waals surface area contributed by atoms with Crippen LogP contribution in [0.15, 0.2) is 48.5 Å². The van der Waals surface area contributed by atoms with E-state index in [1.165, 1.54) is 12.1 Å². The summed E-state index contributed by atoms with van der Waals surface area (Å²) in [5, 5.41) is 0.534. The first-order valence-corrected chi connectivity index (χ1v) is 9.75. The number of rotatable bonds is 4. The molecule has 152 valence electrons. The first-order valence-electron chi connectivity index (χ1n) is 9.38. The molecule has 2 aromatic rings. The van der Waals surface area contributed by atoms with Crippen LogP contribution in [-0.2, 0) is 10.9 Å². The zero-order valence-corrected chi connectivity index (χ0v) is 17.0. The molecule has 28 heavy (non-hydrogen) atoms. The van der Waals surface area contributed by atoms with Gasteiger partial charge in [-0.3, -0.25) is 4.90 Å². The van der Waals surface area contributed by atoms with Crippen LogP contribution in [0.3, 0.4) is 0 Å². The summed E-state index contributed by atoms with van der Waals surface area (Å²) >= 11 is 5.98. The highest BCUT2D eigenvalue weighted by Crippen LogP contribution is 2.39. The highest BCUT2D eigenvalue weighted by molar-refractivity contribution is 6.30. The molecule has 0 saturated carbocycles. The summed E-state index contributed by atoms with van der Waals surface area (Å²) in [5.41, 5.74) is 0.125. The summed E-state index contributed by atoms with van der Waals surface area (Å²) in [5.74, 6) is 0. The third kappa shape index (κ3) is 4.88. The molecule has 2 nitrogen and oxygen atoms in total. The van der Waals surface area contributed by atoms with Crippen molar-refractivity contribution in [2.75, 3.05) is 13.1 Å². The molecule has 6 heteroatoms. The van der Waals surface area contributed by atoms with E-state index >= 15 is 0 Å². The monoisotopic (exact) mass is 411 g/mol. The second-order valence-corrected chi connectivity index (χ2v) is 8.62. The topological polar surface area (TPSA) is 12.5 Å². The van der Waals surface area contributed by atoms with E-state index in [4.69, 9.17) is 16.3 Å². The third-order valence-electron chi connectivity index (χ3n) is 5.14. The minimum atomic E-state index is -4.45. The van der Waals surface area contributed by atoms with Gasteiger partial charge in [0.25, 0.3) is 0 Å². The highest BCUT2D eigenvalue weighted by atomic mass is 35.5. The van der Waals surface area contributed by atoms with Gasteiger partial charge in [-0.25, -0.2) is 0 Å². The van der Waals surface area contributed by atoms with Crippen LogP contribution in [0.25, 0.3) is 0 Å². The summed E-state index contributed by atoms with van der Waals surface area (Å²) in [6.45, 7) is 7.95. The molecule has 0 aromatic heterocycles. The number of likely N-dealkylation sites (tertiary alicyclic amines) is 1. The molecule has 1 fully saturated rings. The van der Waals surface area contributed by atoms with Gasteiger partial charge in [-0.1, -0.05) is 41.9 Å². The van der Waals surface area contributed by atoms with E-state index in [0.717, 1.165) is 19.0 Å². The molecule has 1 aliphatic heterocycles. The van der Waals surface area contributed by atoms with E-state index in [1.807, 2.05) is 0 Å². The molecule has 0 amide bonds. The number of halogens is 4. The Morgan fingerprint density at radius 1 is 1.04 bits per heavy atom. The second kappa shape index (κ2) is 8.05. The molecular formula is C22H25ClF3NO. The zero-order valence-electron chi connectivity index (χ0n) is 16.3. The smallest absolute Gasteiger partial charge is 0.364 e. The number of hydrogen-bond acceptors (Lipinski definition) is 2. The molecule has 2 aromatic carbocycles. The second-order valence-electron chi connectivity index (χ2n) is 8.18. The van der Waals surface area contributed by atoms with Crippen LogP contribution in [-0.4, -0.2) is 29.6 Å². The highest BCUT2D eigenvalue weighted by Gasteiger charge is 2.38. The Kier molecular flexibility index (Phi) is 6.08. The maximum atomic E-state index is 13.6. The van der Waals surface area contributed by atoms with E-state index < -0.39 is 17.8 Å². The van der Waals surface area contributed by atoms with E-state index in [1.54, 1.807) is 30.3 Å². The van der Waals surface area contributed by atoms with Crippen molar-refractivity contribution in [2.24, 2.45) is 0 Å². The lowest BCUT2D eigenvalue weighted by Crippen LogP contribution is -2.40. The Hall–Kier alpha value is -1.56. The lowest BCUT2D eigenvalue weighted by atomic mass is 9.96. The number of ether oxygens (including phenoxy) is 1. The Bertz CT molecular complexity index is 799. The largest absolute Gasteiger partial charge is 0.416 e. The summed E-state index contributed by atoms with van der Waals surface area (Å²) in [4.78, 5) is 2.30. The Labute approximate surface area is 169 Å². The van der Waals surface area contributed by atoms with Gasteiger partial charge < -0.3 is 4.74 Å². The standard InChI is InChI=1S/C22H25ClF3NO/c1-21(2,3)27-13-12-17(14-27)28-20(15-8-10-16(23)11-9-15)18-6-4-5-7-19(18)22(24,25)26/h4-11,17,20H,12-14H2,1-3H3/t17-,20+/m0/s1. The lowest BCUT2D eigenvalue weighted by Gasteiger charge is -2.32. The van der Waals surface area contributed by atoms with Crippen LogP contribution in [0.1, 0.15) is 50.0 Å². The van der Waals surface area contributed by atoms with Crippen LogP contribution in [0.5, 0.6) is 0 Å². The number of alkyl halides is 3. The molecule has 2 atom stereocenters. The first-order chi connectivity index (χ1) is 13.1. The Morgan fingerprint density at radius 2 is 1.68 bits per heavy atom. The van der Waals surface area contributed by atoms with Gasteiger partial charge in [0.15, 0.2) is 0 Å². The summed E-state index contributed by atoms with van der Waals surface area (Å²) < 4.78 is 47.2. The Balaban J connectivity index is 1.95.